The van der Waals surface area contributed by atoms with Gasteiger partial charge in [0.05, 0.1) is 17.9 Å². The lowest BCUT2D eigenvalue weighted by molar-refractivity contribution is 0.589. The molecule has 1 aromatic carbocycles. The Morgan fingerprint density at radius 1 is 1.21 bits per heavy atom. The topological polar surface area (TPSA) is 24.9 Å². The van der Waals surface area contributed by atoms with Crippen molar-refractivity contribution >= 4 is 0 Å². The predicted molar refractivity (Wildman–Crippen MR) is 70.9 cm³/mol. The van der Waals surface area contributed by atoms with Crippen molar-refractivity contribution < 1.29 is 8.78 Å². The maximum atomic E-state index is 13.3. The first-order valence-corrected chi connectivity index (χ1v) is 6.22. The van der Waals surface area contributed by atoms with E-state index in [1.54, 1.807) is 25.1 Å². The number of hydrogen-bond acceptors (Lipinski definition) is 2. The molecule has 0 spiro atoms. The average molecular weight is 262 g/mol. The second-order valence-electron chi connectivity index (χ2n) is 4.40. The lowest BCUT2D eigenvalue weighted by Gasteiger charge is -2.18. The van der Waals surface area contributed by atoms with E-state index in [0.717, 1.165) is 12.1 Å². The predicted octanol–water partition coefficient (Wildman–Crippen LogP) is 3.37. The molecule has 1 N–H and O–H groups in total. The molecule has 0 bridgehead atoms. The number of rotatable bonds is 4. The van der Waals surface area contributed by atoms with Gasteiger partial charge in [-0.15, -0.1) is 0 Å². The lowest BCUT2D eigenvalue weighted by Crippen LogP contribution is -2.23. The molecule has 0 aliphatic heterocycles. The fourth-order valence-electron chi connectivity index (χ4n) is 2.00. The number of nitrogens with one attached hydrogen (secondary N) is 1. The van der Waals surface area contributed by atoms with Crippen LogP contribution in [0.3, 0.4) is 0 Å². The second-order valence-corrected chi connectivity index (χ2v) is 4.40. The molecule has 1 heterocycles. The van der Waals surface area contributed by atoms with E-state index in [-0.39, 0.29) is 17.7 Å². The van der Waals surface area contributed by atoms with Crippen LogP contribution in [-0.4, -0.2) is 11.5 Å². The highest BCUT2D eigenvalue weighted by Crippen LogP contribution is 2.22. The number of aryl methyl sites for hydroxylation is 1. The van der Waals surface area contributed by atoms with Gasteiger partial charge in [0, 0.05) is 0 Å². The Balaban J connectivity index is 2.38. The van der Waals surface area contributed by atoms with Crippen LogP contribution in [0.25, 0.3) is 0 Å². The minimum absolute atomic E-state index is 0.162. The van der Waals surface area contributed by atoms with E-state index in [4.69, 9.17) is 0 Å². The summed E-state index contributed by atoms with van der Waals surface area (Å²) in [7, 11) is 0. The third-order valence-corrected chi connectivity index (χ3v) is 2.97. The van der Waals surface area contributed by atoms with Gasteiger partial charge in [-0.2, -0.15) is 0 Å². The van der Waals surface area contributed by atoms with Gasteiger partial charge in [-0.25, -0.2) is 8.78 Å². The van der Waals surface area contributed by atoms with Crippen molar-refractivity contribution in [1.29, 1.82) is 0 Å². The number of benzene rings is 1. The summed E-state index contributed by atoms with van der Waals surface area (Å²) < 4.78 is 26.2. The van der Waals surface area contributed by atoms with Crippen molar-refractivity contribution in [2.45, 2.75) is 19.9 Å². The van der Waals surface area contributed by atoms with Crippen LogP contribution in [0.5, 0.6) is 0 Å². The van der Waals surface area contributed by atoms with Crippen LogP contribution in [0, 0.1) is 18.6 Å². The van der Waals surface area contributed by atoms with Crippen LogP contribution >= 0.6 is 0 Å². The molecule has 0 aliphatic carbocycles. The molecule has 2 aromatic rings. The summed E-state index contributed by atoms with van der Waals surface area (Å²) in [5.41, 5.74) is 2.22. The van der Waals surface area contributed by atoms with E-state index in [1.807, 2.05) is 6.92 Å². The van der Waals surface area contributed by atoms with Crippen molar-refractivity contribution in [2.24, 2.45) is 0 Å². The second kappa shape index (κ2) is 5.89. The highest BCUT2D eigenvalue weighted by atomic mass is 19.1. The van der Waals surface area contributed by atoms with Gasteiger partial charge in [0.1, 0.15) is 11.6 Å². The quantitative estimate of drug-likeness (QED) is 0.913. The van der Waals surface area contributed by atoms with E-state index < -0.39 is 0 Å². The van der Waals surface area contributed by atoms with E-state index in [2.05, 4.69) is 10.3 Å². The first-order valence-electron chi connectivity index (χ1n) is 6.22. The Kier molecular flexibility index (Phi) is 4.22. The Bertz CT molecular complexity index is 553. The summed E-state index contributed by atoms with van der Waals surface area (Å²) in [6, 6.07) is 7.81. The normalized spacial score (nSPS) is 12.4. The molecule has 1 aromatic heterocycles. The molecule has 0 saturated carbocycles. The fourth-order valence-corrected chi connectivity index (χ4v) is 2.00. The van der Waals surface area contributed by atoms with Crippen LogP contribution in [0.4, 0.5) is 8.78 Å². The minimum atomic E-state index is -0.366. The van der Waals surface area contributed by atoms with Gasteiger partial charge in [-0.05, 0) is 42.8 Å². The van der Waals surface area contributed by atoms with Crippen LogP contribution in [0.2, 0.25) is 0 Å². The van der Waals surface area contributed by atoms with E-state index in [9.17, 15) is 8.78 Å². The summed E-state index contributed by atoms with van der Waals surface area (Å²) in [5, 5.41) is 3.27. The maximum absolute atomic E-state index is 13.3. The Labute approximate surface area is 111 Å². The minimum Gasteiger partial charge on any atom is -0.305 e. The molecule has 0 radical (unpaired) electrons. The van der Waals surface area contributed by atoms with Gasteiger partial charge < -0.3 is 5.32 Å². The highest BCUT2D eigenvalue weighted by Gasteiger charge is 2.15. The summed E-state index contributed by atoms with van der Waals surface area (Å²) in [4.78, 5) is 4.09. The van der Waals surface area contributed by atoms with E-state index >= 15 is 0 Å². The van der Waals surface area contributed by atoms with Gasteiger partial charge in [-0.1, -0.05) is 19.1 Å². The molecule has 1 atom stereocenters. The standard InChI is InChI=1S/C15H16F2N2/c1-3-18-15(14-7-5-12(16)9-19-14)11-4-6-13(17)10(2)8-11/h4-9,15,18H,3H2,1-2H3. The molecule has 4 heteroatoms. The monoisotopic (exact) mass is 262 g/mol. The molecule has 0 saturated heterocycles. The summed E-state index contributed by atoms with van der Waals surface area (Å²) in [6.45, 7) is 4.44. The van der Waals surface area contributed by atoms with E-state index in [0.29, 0.717) is 11.3 Å². The number of hydrogen-bond donors (Lipinski definition) is 1. The molecule has 0 fully saturated rings. The van der Waals surface area contributed by atoms with Crippen molar-refractivity contribution in [3.63, 3.8) is 0 Å². The molecule has 2 rings (SSSR count). The van der Waals surface area contributed by atoms with Gasteiger partial charge in [0.15, 0.2) is 0 Å². The zero-order chi connectivity index (χ0) is 13.8. The molecule has 1 unspecified atom stereocenters. The SMILES string of the molecule is CCNC(c1ccc(F)c(C)c1)c1ccc(F)cn1. The molecular weight excluding hydrogens is 246 g/mol. The fraction of sp³-hybridized carbons (Fsp3) is 0.267. The van der Waals surface area contributed by atoms with Crippen LogP contribution in [-0.2, 0) is 0 Å². The molecule has 19 heavy (non-hydrogen) atoms. The van der Waals surface area contributed by atoms with Crippen LogP contribution in [0.15, 0.2) is 36.5 Å². The Morgan fingerprint density at radius 2 is 2.00 bits per heavy atom. The molecule has 100 valence electrons. The van der Waals surface area contributed by atoms with Crippen molar-refractivity contribution in [3.8, 4) is 0 Å². The Morgan fingerprint density at radius 3 is 2.58 bits per heavy atom. The zero-order valence-electron chi connectivity index (χ0n) is 11.0. The largest absolute Gasteiger partial charge is 0.305 e. The van der Waals surface area contributed by atoms with Crippen molar-refractivity contribution in [3.05, 3.63) is 65.0 Å². The number of nitrogens with zero attached hydrogens (tertiary/aromatic N) is 1. The van der Waals surface area contributed by atoms with Crippen molar-refractivity contribution in [1.82, 2.24) is 10.3 Å². The zero-order valence-corrected chi connectivity index (χ0v) is 11.0. The first-order chi connectivity index (χ1) is 9.11. The Hall–Kier alpha value is -1.81. The van der Waals surface area contributed by atoms with Crippen LogP contribution in [0.1, 0.15) is 29.8 Å². The average Bonchev–Trinajstić information content (AvgIpc) is 2.41. The summed E-state index contributed by atoms with van der Waals surface area (Å²) >= 11 is 0. The molecular formula is C15H16F2N2. The molecule has 0 amide bonds. The maximum Gasteiger partial charge on any atom is 0.141 e. The van der Waals surface area contributed by atoms with Crippen LogP contribution < -0.4 is 5.32 Å². The molecule has 0 aliphatic rings. The van der Waals surface area contributed by atoms with E-state index in [1.165, 1.54) is 18.3 Å². The number of aromatic nitrogens is 1. The third kappa shape index (κ3) is 3.15. The summed E-state index contributed by atoms with van der Waals surface area (Å²) in [5.74, 6) is -0.597. The van der Waals surface area contributed by atoms with Gasteiger partial charge in [-0.3, -0.25) is 4.98 Å². The van der Waals surface area contributed by atoms with Crippen molar-refractivity contribution in [2.75, 3.05) is 6.54 Å². The first kappa shape index (κ1) is 13.6. The number of halogens is 2. The highest BCUT2D eigenvalue weighted by molar-refractivity contribution is 5.31. The lowest BCUT2D eigenvalue weighted by atomic mass is 10.0. The van der Waals surface area contributed by atoms with Gasteiger partial charge in [0.2, 0.25) is 0 Å². The molecule has 2 nitrogen and oxygen atoms in total. The smallest absolute Gasteiger partial charge is 0.141 e. The van der Waals surface area contributed by atoms with Gasteiger partial charge in [0.25, 0.3) is 0 Å². The van der Waals surface area contributed by atoms with Gasteiger partial charge >= 0.3 is 0 Å². The third-order valence-electron chi connectivity index (χ3n) is 2.97. The number of pyridine rings is 1. The summed E-state index contributed by atoms with van der Waals surface area (Å²) in [6.07, 6.45) is 1.19.